The van der Waals surface area contributed by atoms with Gasteiger partial charge in [-0.25, -0.2) is 8.42 Å². The number of benzene rings is 2. The molecule has 3 rings (SSSR count). The Balaban J connectivity index is 1.65. The molecule has 0 aromatic heterocycles. The molecule has 1 amide bonds. The Morgan fingerprint density at radius 3 is 2.59 bits per heavy atom. The van der Waals surface area contributed by atoms with Gasteiger partial charge in [-0.1, -0.05) is 24.3 Å². The highest BCUT2D eigenvalue weighted by Crippen LogP contribution is 2.26. The largest absolute Gasteiger partial charge is 0.454 e. The van der Waals surface area contributed by atoms with Gasteiger partial charge in [0.1, 0.15) is 6.04 Å². The van der Waals surface area contributed by atoms with Crippen LogP contribution in [0.4, 0.5) is 11.4 Å². The number of ether oxygens (including phenoxy) is 1. The Bertz CT molecular complexity index is 1120. The molecule has 1 heterocycles. The number of aryl methyl sites for hydroxylation is 1. The molecule has 1 atom stereocenters. The van der Waals surface area contributed by atoms with Crippen molar-refractivity contribution >= 4 is 33.3 Å². The van der Waals surface area contributed by atoms with E-state index in [-0.39, 0.29) is 29.2 Å². The minimum Gasteiger partial charge on any atom is -0.454 e. The van der Waals surface area contributed by atoms with Crippen molar-refractivity contribution in [2.75, 3.05) is 18.5 Å². The van der Waals surface area contributed by atoms with Crippen molar-refractivity contribution in [3.8, 4) is 0 Å². The van der Waals surface area contributed by atoms with Crippen molar-refractivity contribution in [1.82, 2.24) is 4.31 Å². The molecule has 0 saturated carbocycles. The molecular weight excluding hydrogens is 438 g/mol. The molecule has 2 aromatic rings. The van der Waals surface area contributed by atoms with E-state index in [4.69, 9.17) is 4.74 Å². The van der Waals surface area contributed by atoms with Crippen LogP contribution in [0.3, 0.4) is 0 Å². The number of nitro benzene ring substituents is 1. The van der Waals surface area contributed by atoms with Gasteiger partial charge >= 0.3 is 5.97 Å². The first-order valence-electron chi connectivity index (χ1n) is 9.98. The molecule has 11 heteroatoms. The lowest BCUT2D eigenvalue weighted by molar-refractivity contribution is -0.385. The van der Waals surface area contributed by atoms with Crippen molar-refractivity contribution in [2.45, 2.75) is 37.1 Å². The number of carbonyl (C=O) groups excluding carboxylic acids is 2. The van der Waals surface area contributed by atoms with Crippen molar-refractivity contribution in [2.24, 2.45) is 0 Å². The van der Waals surface area contributed by atoms with Gasteiger partial charge in [-0.15, -0.1) is 0 Å². The first-order chi connectivity index (χ1) is 15.2. The Hall–Kier alpha value is -3.31. The molecule has 1 fully saturated rings. The number of carbonyl (C=O) groups is 2. The summed E-state index contributed by atoms with van der Waals surface area (Å²) in [4.78, 5) is 35.4. The molecule has 1 aliphatic rings. The molecular formula is C21H23N3O7S. The molecule has 10 nitrogen and oxygen atoms in total. The van der Waals surface area contributed by atoms with Gasteiger partial charge in [0, 0.05) is 23.9 Å². The summed E-state index contributed by atoms with van der Waals surface area (Å²) < 4.78 is 32.2. The first-order valence-corrected chi connectivity index (χ1v) is 11.4. The minimum absolute atomic E-state index is 0.0819. The van der Waals surface area contributed by atoms with Crippen molar-refractivity contribution in [3.05, 3.63) is 64.2 Å². The highest BCUT2D eigenvalue weighted by Gasteiger charge is 2.38. The van der Waals surface area contributed by atoms with Crippen molar-refractivity contribution < 1.29 is 27.7 Å². The Labute approximate surface area is 185 Å². The SMILES string of the molecule is Cc1ccc(NC(=O)COC(=O)C2CCCCN2S(=O)(=O)c2ccccc2)cc1[N+](=O)[O-]. The van der Waals surface area contributed by atoms with Crippen LogP contribution in [0, 0.1) is 17.0 Å². The molecule has 0 bridgehead atoms. The smallest absolute Gasteiger partial charge is 0.324 e. The highest BCUT2D eigenvalue weighted by atomic mass is 32.2. The number of anilines is 1. The average Bonchev–Trinajstić information content (AvgIpc) is 2.79. The van der Waals surface area contributed by atoms with Crippen LogP contribution in [0.15, 0.2) is 53.4 Å². The lowest BCUT2D eigenvalue weighted by atomic mass is 10.1. The second kappa shape index (κ2) is 9.88. The van der Waals surface area contributed by atoms with Crippen LogP contribution in [0.1, 0.15) is 24.8 Å². The monoisotopic (exact) mass is 461 g/mol. The van der Waals surface area contributed by atoms with E-state index in [1.165, 1.54) is 30.3 Å². The van der Waals surface area contributed by atoms with Crippen LogP contribution in [0.5, 0.6) is 0 Å². The number of hydrogen-bond donors (Lipinski definition) is 1. The van der Waals surface area contributed by atoms with Crippen LogP contribution in [0.25, 0.3) is 0 Å². The Morgan fingerprint density at radius 2 is 1.91 bits per heavy atom. The minimum atomic E-state index is -3.89. The number of rotatable bonds is 7. The summed E-state index contributed by atoms with van der Waals surface area (Å²) in [7, 11) is -3.89. The van der Waals surface area contributed by atoms with Crippen molar-refractivity contribution in [3.63, 3.8) is 0 Å². The van der Waals surface area contributed by atoms with Crippen LogP contribution in [-0.2, 0) is 24.3 Å². The zero-order chi connectivity index (χ0) is 23.3. The predicted molar refractivity (Wildman–Crippen MR) is 115 cm³/mol. The summed E-state index contributed by atoms with van der Waals surface area (Å²) in [5.41, 5.74) is 0.481. The van der Waals surface area contributed by atoms with E-state index in [0.717, 1.165) is 4.31 Å². The van der Waals surface area contributed by atoms with E-state index in [1.54, 1.807) is 25.1 Å². The third kappa shape index (κ3) is 5.29. The van der Waals surface area contributed by atoms with E-state index in [2.05, 4.69) is 5.32 Å². The number of nitro groups is 1. The van der Waals surface area contributed by atoms with Gasteiger partial charge in [0.15, 0.2) is 6.61 Å². The van der Waals surface area contributed by atoms with Gasteiger partial charge in [0.2, 0.25) is 10.0 Å². The fraction of sp³-hybridized carbons (Fsp3) is 0.333. The predicted octanol–water partition coefficient (Wildman–Crippen LogP) is 2.63. The highest BCUT2D eigenvalue weighted by molar-refractivity contribution is 7.89. The van der Waals surface area contributed by atoms with Gasteiger partial charge in [-0.05, 0) is 44.4 Å². The normalized spacial score (nSPS) is 16.8. The van der Waals surface area contributed by atoms with Crippen LogP contribution in [0.2, 0.25) is 0 Å². The third-order valence-electron chi connectivity index (χ3n) is 5.11. The molecule has 0 spiro atoms. The van der Waals surface area contributed by atoms with Crippen LogP contribution in [-0.4, -0.2) is 48.7 Å². The lowest BCUT2D eigenvalue weighted by Gasteiger charge is -2.32. The fourth-order valence-electron chi connectivity index (χ4n) is 3.47. The summed E-state index contributed by atoms with van der Waals surface area (Å²) >= 11 is 0. The topological polar surface area (TPSA) is 136 Å². The van der Waals surface area contributed by atoms with E-state index < -0.39 is 39.5 Å². The second-order valence-corrected chi connectivity index (χ2v) is 9.25. The van der Waals surface area contributed by atoms with Gasteiger partial charge < -0.3 is 10.1 Å². The quantitative estimate of drug-likeness (QED) is 0.380. The first kappa shape index (κ1) is 23.4. The second-order valence-electron chi connectivity index (χ2n) is 7.35. The van der Waals surface area contributed by atoms with Gasteiger partial charge in [0.25, 0.3) is 11.6 Å². The lowest BCUT2D eigenvalue weighted by Crippen LogP contribution is -2.48. The summed E-state index contributed by atoms with van der Waals surface area (Å²) in [6, 6.07) is 11.0. The standard InChI is InChI=1S/C21H23N3O7S/c1-15-10-11-16(13-19(15)24(27)28)22-20(25)14-31-21(26)18-9-5-6-12-23(18)32(29,30)17-7-3-2-4-8-17/h2-4,7-8,10-11,13,18H,5-6,9,12,14H2,1H3,(H,22,25). The molecule has 1 saturated heterocycles. The summed E-state index contributed by atoms with van der Waals surface area (Å²) in [5, 5.41) is 13.5. The maximum absolute atomic E-state index is 13.0. The molecule has 0 radical (unpaired) electrons. The number of piperidine rings is 1. The zero-order valence-corrected chi connectivity index (χ0v) is 18.2. The number of sulfonamides is 1. The van der Waals surface area contributed by atoms with Crippen LogP contribution >= 0.6 is 0 Å². The maximum atomic E-state index is 13.0. The van der Waals surface area contributed by atoms with E-state index >= 15 is 0 Å². The number of nitrogens with one attached hydrogen (secondary N) is 1. The van der Waals surface area contributed by atoms with Gasteiger partial charge in [-0.3, -0.25) is 19.7 Å². The van der Waals surface area contributed by atoms with Gasteiger partial charge in [-0.2, -0.15) is 4.31 Å². The Kier molecular flexibility index (Phi) is 7.21. The summed E-state index contributed by atoms with van der Waals surface area (Å²) in [6.07, 6.45) is 1.55. The molecule has 32 heavy (non-hydrogen) atoms. The van der Waals surface area contributed by atoms with E-state index in [9.17, 15) is 28.1 Å². The van der Waals surface area contributed by atoms with Crippen LogP contribution < -0.4 is 5.32 Å². The number of nitrogens with zero attached hydrogens (tertiary/aromatic N) is 2. The molecule has 1 unspecified atom stereocenters. The van der Waals surface area contributed by atoms with Crippen molar-refractivity contribution in [1.29, 1.82) is 0 Å². The summed E-state index contributed by atoms with van der Waals surface area (Å²) in [6.45, 7) is 1.11. The van der Waals surface area contributed by atoms with Gasteiger partial charge in [0.05, 0.1) is 9.82 Å². The third-order valence-corrected chi connectivity index (χ3v) is 7.03. The molecule has 0 aliphatic carbocycles. The molecule has 170 valence electrons. The summed E-state index contributed by atoms with van der Waals surface area (Å²) in [5.74, 6) is -1.50. The van der Waals surface area contributed by atoms with E-state index in [0.29, 0.717) is 18.4 Å². The maximum Gasteiger partial charge on any atom is 0.324 e. The number of hydrogen-bond acceptors (Lipinski definition) is 7. The number of esters is 1. The fourth-order valence-corrected chi connectivity index (χ4v) is 5.14. The zero-order valence-electron chi connectivity index (χ0n) is 17.4. The average molecular weight is 461 g/mol. The number of amides is 1. The molecule has 1 aliphatic heterocycles. The molecule has 1 N–H and O–H groups in total. The van der Waals surface area contributed by atoms with E-state index in [1.807, 2.05) is 0 Å². The molecule has 2 aromatic carbocycles. The Morgan fingerprint density at radius 1 is 1.19 bits per heavy atom.